The van der Waals surface area contributed by atoms with Crippen molar-refractivity contribution in [1.82, 2.24) is 0 Å². The van der Waals surface area contributed by atoms with E-state index < -0.39 is 57.0 Å². The van der Waals surface area contributed by atoms with E-state index in [0.717, 1.165) is 0 Å². The first kappa shape index (κ1) is 13.8. The third-order valence-electron chi connectivity index (χ3n) is 1.51. The Morgan fingerprint density at radius 3 is 1.35 bits per heavy atom. The van der Waals surface area contributed by atoms with E-state index in [9.17, 15) is 35.1 Å². The van der Waals surface area contributed by atoms with Gasteiger partial charge in [-0.1, -0.05) is 0 Å². The number of hydrogen-bond donors (Lipinski definition) is 0. The van der Waals surface area contributed by atoms with Crippen LogP contribution in [0.1, 0.15) is 0 Å². The van der Waals surface area contributed by atoms with Crippen LogP contribution in [0.4, 0.5) is 35.1 Å². The van der Waals surface area contributed by atoms with Gasteiger partial charge in [-0.3, -0.25) is 0 Å². The summed E-state index contributed by atoms with van der Waals surface area (Å²) >= 11 is -0.892. The maximum absolute atomic E-state index is 12.9. The molecular formula is C8F8S. The Morgan fingerprint density at radius 1 is 0.647 bits per heavy atom. The molecule has 0 spiro atoms. The van der Waals surface area contributed by atoms with Gasteiger partial charge in [0.25, 0.3) is 0 Å². The van der Waals surface area contributed by atoms with Crippen LogP contribution in [-0.2, 0) is 0 Å². The van der Waals surface area contributed by atoms with Gasteiger partial charge < -0.3 is 0 Å². The highest BCUT2D eigenvalue weighted by molar-refractivity contribution is 8.02. The monoisotopic (exact) mass is 280 g/mol. The molecule has 0 heterocycles. The maximum Gasteiger partial charge on any atom is 0.312 e. The topological polar surface area (TPSA) is 0 Å². The molecule has 0 unspecified atom stereocenters. The third kappa shape index (κ3) is 2.54. The number of benzene rings is 1. The van der Waals surface area contributed by atoms with Crippen LogP contribution in [0, 0.1) is 29.1 Å². The van der Waals surface area contributed by atoms with Gasteiger partial charge in [0.2, 0.25) is 11.0 Å². The fraction of sp³-hybridized carbons (Fsp3) is 0. The molecular weight excluding hydrogens is 280 g/mol. The molecule has 0 atom stereocenters. The quantitative estimate of drug-likeness (QED) is 0.332. The molecule has 1 rings (SSSR count). The van der Waals surface area contributed by atoms with Crippen molar-refractivity contribution in [2.24, 2.45) is 0 Å². The van der Waals surface area contributed by atoms with Crippen LogP contribution in [0.5, 0.6) is 0 Å². The zero-order valence-corrected chi connectivity index (χ0v) is 8.25. The van der Waals surface area contributed by atoms with E-state index in [2.05, 4.69) is 0 Å². The Labute approximate surface area is 92.9 Å². The first-order valence-corrected chi connectivity index (χ1v) is 4.49. The van der Waals surface area contributed by atoms with Gasteiger partial charge in [-0.25, -0.2) is 22.0 Å². The first-order chi connectivity index (χ1) is 7.77. The SMILES string of the molecule is FC(F)=C(F)Sc1c(F)c(F)c(F)c(F)c1F. The Hall–Kier alpha value is -1.25. The molecule has 1 aromatic rings. The molecule has 0 saturated carbocycles. The van der Waals surface area contributed by atoms with Gasteiger partial charge in [0.15, 0.2) is 23.3 Å². The van der Waals surface area contributed by atoms with Crippen molar-refractivity contribution >= 4 is 11.8 Å². The van der Waals surface area contributed by atoms with Crippen molar-refractivity contribution in [3.8, 4) is 0 Å². The second-order valence-electron chi connectivity index (χ2n) is 2.54. The predicted octanol–water partition coefficient (Wildman–Crippen LogP) is 4.51. The molecule has 0 amide bonds. The summed E-state index contributed by atoms with van der Waals surface area (Å²) < 4.78 is 98.9. The number of hydrogen-bond acceptors (Lipinski definition) is 1. The molecule has 0 saturated heterocycles. The molecule has 0 nitrogen and oxygen atoms in total. The molecule has 17 heavy (non-hydrogen) atoms. The summed E-state index contributed by atoms with van der Waals surface area (Å²) in [5, 5.41) is -2.35. The van der Waals surface area contributed by atoms with E-state index in [4.69, 9.17) is 0 Å². The second kappa shape index (κ2) is 4.94. The lowest BCUT2D eigenvalue weighted by atomic mass is 10.3. The highest BCUT2D eigenvalue weighted by Gasteiger charge is 2.27. The summed E-state index contributed by atoms with van der Waals surface area (Å²) in [4.78, 5) is -1.73. The van der Waals surface area contributed by atoms with Crippen LogP contribution in [0.25, 0.3) is 0 Å². The molecule has 94 valence electrons. The van der Waals surface area contributed by atoms with E-state index in [1.165, 1.54) is 0 Å². The predicted molar refractivity (Wildman–Crippen MR) is 42.4 cm³/mol. The molecule has 0 aliphatic heterocycles. The highest BCUT2D eigenvalue weighted by Crippen LogP contribution is 2.37. The summed E-state index contributed by atoms with van der Waals surface area (Å²) in [7, 11) is 0. The molecule has 0 aromatic heterocycles. The normalized spacial score (nSPS) is 10.6. The van der Waals surface area contributed by atoms with Crippen molar-refractivity contribution < 1.29 is 35.1 Å². The molecule has 0 aliphatic carbocycles. The zero-order chi connectivity index (χ0) is 13.3. The van der Waals surface area contributed by atoms with Gasteiger partial charge in [-0.05, 0) is 11.8 Å². The van der Waals surface area contributed by atoms with Gasteiger partial charge in [-0.2, -0.15) is 13.2 Å². The lowest BCUT2D eigenvalue weighted by Crippen LogP contribution is -2.03. The summed E-state index contributed by atoms with van der Waals surface area (Å²) in [6.45, 7) is 0. The largest absolute Gasteiger partial charge is 0.312 e. The van der Waals surface area contributed by atoms with E-state index in [-0.39, 0.29) is 0 Å². The summed E-state index contributed by atoms with van der Waals surface area (Å²) in [5.41, 5.74) is 0. The number of thioether (sulfide) groups is 1. The lowest BCUT2D eigenvalue weighted by molar-refractivity contribution is 0.360. The number of rotatable bonds is 2. The van der Waals surface area contributed by atoms with Gasteiger partial charge in [0.1, 0.15) is 0 Å². The van der Waals surface area contributed by atoms with Crippen LogP contribution < -0.4 is 0 Å². The van der Waals surface area contributed by atoms with Gasteiger partial charge in [0.05, 0.1) is 4.90 Å². The van der Waals surface area contributed by atoms with Crippen LogP contribution in [0.2, 0.25) is 0 Å². The minimum absolute atomic E-state index is 0.892. The summed E-state index contributed by atoms with van der Waals surface area (Å²) in [5.74, 6) is -11.9. The van der Waals surface area contributed by atoms with E-state index in [1.54, 1.807) is 0 Å². The van der Waals surface area contributed by atoms with Crippen molar-refractivity contribution in [3.05, 3.63) is 40.3 Å². The van der Waals surface area contributed by atoms with Crippen LogP contribution >= 0.6 is 11.8 Å². The molecule has 0 fully saturated rings. The molecule has 0 aliphatic rings. The Balaban J connectivity index is 3.40. The van der Waals surface area contributed by atoms with Crippen LogP contribution in [-0.4, -0.2) is 0 Å². The van der Waals surface area contributed by atoms with Crippen molar-refractivity contribution in [2.75, 3.05) is 0 Å². The zero-order valence-electron chi connectivity index (χ0n) is 7.43. The molecule has 9 heteroatoms. The first-order valence-electron chi connectivity index (χ1n) is 3.67. The molecule has 0 N–H and O–H groups in total. The van der Waals surface area contributed by atoms with Gasteiger partial charge in [-0.15, -0.1) is 0 Å². The van der Waals surface area contributed by atoms with Crippen LogP contribution in [0.15, 0.2) is 16.1 Å². The maximum atomic E-state index is 12.9. The Kier molecular flexibility index (Phi) is 4.02. The summed E-state index contributed by atoms with van der Waals surface area (Å²) in [6.07, 6.45) is -2.93. The van der Waals surface area contributed by atoms with E-state index in [0.29, 0.717) is 0 Å². The highest BCUT2D eigenvalue weighted by atomic mass is 32.2. The minimum atomic E-state index is -2.93. The van der Waals surface area contributed by atoms with Crippen molar-refractivity contribution in [3.63, 3.8) is 0 Å². The number of halogens is 8. The molecule has 0 bridgehead atoms. The van der Waals surface area contributed by atoms with Crippen molar-refractivity contribution in [1.29, 1.82) is 0 Å². The standard InChI is InChI=1S/C8F8S/c9-1-2(10)4(12)6(5(13)3(1)11)17-8(16)7(14)15. The van der Waals surface area contributed by atoms with E-state index in [1.807, 2.05) is 0 Å². The van der Waals surface area contributed by atoms with Gasteiger partial charge in [0, 0.05) is 0 Å². The minimum Gasteiger partial charge on any atom is -0.202 e. The smallest absolute Gasteiger partial charge is 0.202 e. The Bertz CT molecular complexity index is 462. The van der Waals surface area contributed by atoms with Crippen molar-refractivity contribution in [2.45, 2.75) is 4.90 Å². The second-order valence-corrected chi connectivity index (χ2v) is 3.51. The van der Waals surface area contributed by atoms with Gasteiger partial charge >= 0.3 is 6.08 Å². The third-order valence-corrected chi connectivity index (χ3v) is 2.41. The van der Waals surface area contributed by atoms with Crippen LogP contribution in [0.3, 0.4) is 0 Å². The van der Waals surface area contributed by atoms with E-state index >= 15 is 0 Å². The lowest BCUT2D eigenvalue weighted by Gasteiger charge is -2.05. The average molecular weight is 280 g/mol. The molecule has 1 aromatic carbocycles. The fourth-order valence-electron chi connectivity index (χ4n) is 0.803. The molecule has 0 radical (unpaired) electrons. The fourth-order valence-corrected chi connectivity index (χ4v) is 1.42. The Morgan fingerprint density at radius 2 is 1.00 bits per heavy atom. The average Bonchev–Trinajstić information content (AvgIpc) is 2.29. The summed E-state index contributed by atoms with van der Waals surface area (Å²) in [6, 6.07) is 0.